The minimum absolute atomic E-state index is 0.0211. The molecule has 4 aromatic carbocycles. The van der Waals surface area contributed by atoms with Crippen LogP contribution < -0.4 is 8.37 Å². The van der Waals surface area contributed by atoms with Crippen LogP contribution in [0.3, 0.4) is 0 Å². The Hall–Kier alpha value is -2.56. The molecule has 4 rings (SSSR count). The Morgan fingerprint density at radius 3 is 1.21 bits per heavy atom. The first-order valence-corrected chi connectivity index (χ1v) is 14.3. The summed E-state index contributed by atoms with van der Waals surface area (Å²) in [5.74, 6) is -1.86. The van der Waals surface area contributed by atoms with Crippen molar-refractivity contribution in [3.63, 3.8) is 0 Å². The van der Waals surface area contributed by atoms with E-state index >= 15 is 0 Å². The average Bonchev–Trinajstić information content (AvgIpc) is 2.77. The second-order valence-corrected chi connectivity index (χ2v) is 12.5. The van der Waals surface area contributed by atoms with Crippen molar-refractivity contribution < 1.29 is 51.5 Å². The first-order valence-electron chi connectivity index (χ1n) is 9.88. The van der Waals surface area contributed by atoms with Gasteiger partial charge in [-0.25, -0.2) is 0 Å². The summed E-state index contributed by atoms with van der Waals surface area (Å²) in [5, 5.41) is 0.634. The Morgan fingerprint density at radius 1 is 0.553 bits per heavy atom. The standard InChI is InChI=1S/C22H10Br2F6O6S2/c23-13-3-5-15-11(9-13)1-7-17(35-37(31,32)21(25,26)27)19(15)20-16-6-4-14(24)10-12(16)2-8-18(20)36-38(33,34)22(28,29)30/h1-10H. The first-order chi connectivity index (χ1) is 17.4. The number of hydrogen-bond donors (Lipinski definition) is 0. The zero-order valence-electron chi connectivity index (χ0n) is 18.1. The number of fused-ring (bicyclic) bond motifs is 2. The zero-order valence-corrected chi connectivity index (χ0v) is 22.9. The van der Waals surface area contributed by atoms with Crippen molar-refractivity contribution in [1.29, 1.82) is 0 Å². The second kappa shape index (κ2) is 9.57. The molecule has 0 spiro atoms. The summed E-state index contributed by atoms with van der Waals surface area (Å²) >= 11 is 6.44. The fraction of sp³-hybridized carbons (Fsp3) is 0.0909. The topological polar surface area (TPSA) is 86.7 Å². The largest absolute Gasteiger partial charge is 0.534 e. The molecule has 38 heavy (non-hydrogen) atoms. The minimum Gasteiger partial charge on any atom is -0.375 e. The van der Waals surface area contributed by atoms with Gasteiger partial charge >= 0.3 is 31.3 Å². The molecule has 0 atom stereocenters. The molecule has 0 aliphatic rings. The van der Waals surface area contributed by atoms with Crippen LogP contribution in [0.2, 0.25) is 0 Å². The predicted octanol–water partition coefficient (Wildman–Crippen LogP) is 7.64. The summed E-state index contributed by atoms with van der Waals surface area (Å²) in [6.45, 7) is 0. The van der Waals surface area contributed by atoms with E-state index in [0.717, 1.165) is 12.1 Å². The molecule has 0 radical (unpaired) electrons. The third kappa shape index (κ3) is 5.31. The molecular weight excluding hydrogens is 698 g/mol. The molecule has 0 saturated heterocycles. The van der Waals surface area contributed by atoms with E-state index in [4.69, 9.17) is 0 Å². The van der Waals surface area contributed by atoms with E-state index in [2.05, 4.69) is 40.2 Å². The van der Waals surface area contributed by atoms with Crippen LogP contribution >= 0.6 is 31.9 Å². The van der Waals surface area contributed by atoms with Crippen LogP contribution in [0.4, 0.5) is 26.3 Å². The van der Waals surface area contributed by atoms with Gasteiger partial charge in [0.2, 0.25) is 0 Å². The molecule has 0 aliphatic carbocycles. The fourth-order valence-electron chi connectivity index (χ4n) is 3.55. The van der Waals surface area contributed by atoms with Crippen LogP contribution in [-0.2, 0) is 20.2 Å². The normalized spacial score (nSPS) is 13.2. The molecular formula is C22H10Br2F6O6S2. The summed E-state index contributed by atoms with van der Waals surface area (Å²) in [6, 6.07) is 12.7. The Kier molecular flexibility index (Phi) is 7.16. The number of halogens is 8. The second-order valence-electron chi connectivity index (χ2n) is 7.57. The van der Waals surface area contributed by atoms with Crippen molar-refractivity contribution in [2.75, 3.05) is 0 Å². The van der Waals surface area contributed by atoms with Crippen molar-refractivity contribution in [3.05, 3.63) is 69.6 Å². The van der Waals surface area contributed by atoms with Gasteiger partial charge in [-0.15, -0.1) is 0 Å². The van der Waals surface area contributed by atoms with Crippen LogP contribution in [-0.4, -0.2) is 27.9 Å². The third-order valence-electron chi connectivity index (χ3n) is 5.10. The highest BCUT2D eigenvalue weighted by Crippen LogP contribution is 2.48. The summed E-state index contributed by atoms with van der Waals surface area (Å²) in [6.07, 6.45) is 0. The average molecular weight is 708 g/mol. The van der Waals surface area contributed by atoms with E-state index in [9.17, 15) is 43.2 Å². The molecule has 4 aromatic rings. The van der Waals surface area contributed by atoms with Crippen LogP contribution in [0.5, 0.6) is 11.5 Å². The van der Waals surface area contributed by atoms with Gasteiger partial charge in [0, 0.05) is 20.1 Å². The molecule has 0 aromatic heterocycles. The lowest BCUT2D eigenvalue weighted by atomic mass is 9.92. The van der Waals surface area contributed by atoms with Gasteiger partial charge < -0.3 is 8.37 Å². The molecule has 0 amide bonds. The molecule has 16 heteroatoms. The van der Waals surface area contributed by atoms with Crippen molar-refractivity contribution in [2.45, 2.75) is 11.0 Å². The lowest BCUT2D eigenvalue weighted by molar-refractivity contribution is -0.0505. The third-order valence-corrected chi connectivity index (χ3v) is 8.02. The molecule has 0 unspecified atom stereocenters. The monoisotopic (exact) mass is 706 g/mol. The van der Waals surface area contributed by atoms with Crippen LogP contribution in [0.25, 0.3) is 32.7 Å². The van der Waals surface area contributed by atoms with Crippen molar-refractivity contribution in [3.8, 4) is 22.6 Å². The summed E-state index contributed by atoms with van der Waals surface area (Å²) < 4.78 is 137. The number of alkyl halides is 6. The smallest absolute Gasteiger partial charge is 0.375 e. The van der Waals surface area contributed by atoms with Gasteiger partial charge in [-0.3, -0.25) is 0 Å². The van der Waals surface area contributed by atoms with Crippen LogP contribution in [0.15, 0.2) is 69.6 Å². The highest BCUT2D eigenvalue weighted by molar-refractivity contribution is 9.10. The van der Waals surface area contributed by atoms with E-state index in [1.807, 2.05) is 0 Å². The predicted molar refractivity (Wildman–Crippen MR) is 133 cm³/mol. The summed E-state index contributed by atoms with van der Waals surface area (Å²) in [7, 11) is -12.5. The molecule has 0 bridgehead atoms. The SMILES string of the molecule is O=S(=O)(Oc1ccc2cc(Br)ccc2c1-c1c(OS(=O)(=O)C(F)(F)F)ccc2cc(Br)ccc12)C(F)(F)F. The lowest BCUT2D eigenvalue weighted by Crippen LogP contribution is -2.28. The number of benzene rings is 4. The highest BCUT2D eigenvalue weighted by atomic mass is 79.9. The zero-order chi connectivity index (χ0) is 28.3. The van der Waals surface area contributed by atoms with E-state index in [-0.39, 0.29) is 10.8 Å². The van der Waals surface area contributed by atoms with Gasteiger partial charge in [-0.05, 0) is 57.9 Å². The Balaban J connectivity index is 2.17. The van der Waals surface area contributed by atoms with Gasteiger partial charge in [0.25, 0.3) is 0 Å². The fourth-order valence-corrected chi connectivity index (χ4v) is 5.24. The number of rotatable bonds is 5. The molecule has 202 valence electrons. The van der Waals surface area contributed by atoms with Crippen LogP contribution in [0, 0.1) is 0 Å². The Morgan fingerprint density at radius 2 is 0.895 bits per heavy atom. The summed E-state index contributed by atoms with van der Waals surface area (Å²) in [4.78, 5) is 0. The summed E-state index contributed by atoms with van der Waals surface area (Å²) in [5.41, 5.74) is -12.6. The van der Waals surface area contributed by atoms with Gasteiger partial charge in [-0.2, -0.15) is 43.2 Å². The van der Waals surface area contributed by atoms with Gasteiger partial charge in [-0.1, -0.05) is 56.1 Å². The first kappa shape index (κ1) is 28.4. The lowest BCUT2D eigenvalue weighted by Gasteiger charge is -2.20. The molecule has 0 N–H and O–H groups in total. The number of hydrogen-bond acceptors (Lipinski definition) is 6. The molecule has 0 fully saturated rings. The maximum Gasteiger partial charge on any atom is 0.534 e. The van der Waals surface area contributed by atoms with Crippen molar-refractivity contribution in [1.82, 2.24) is 0 Å². The maximum atomic E-state index is 13.2. The van der Waals surface area contributed by atoms with E-state index < -0.39 is 53.9 Å². The van der Waals surface area contributed by atoms with E-state index in [1.54, 1.807) is 0 Å². The minimum atomic E-state index is -6.25. The van der Waals surface area contributed by atoms with Crippen molar-refractivity contribution in [2.24, 2.45) is 0 Å². The van der Waals surface area contributed by atoms with Crippen molar-refractivity contribution >= 4 is 73.6 Å². The van der Waals surface area contributed by atoms with Gasteiger partial charge in [0.15, 0.2) is 11.5 Å². The molecule has 0 aliphatic heterocycles. The van der Waals surface area contributed by atoms with Gasteiger partial charge in [0.1, 0.15) is 0 Å². The highest BCUT2D eigenvalue weighted by Gasteiger charge is 2.50. The Bertz CT molecular complexity index is 1670. The van der Waals surface area contributed by atoms with Gasteiger partial charge in [0.05, 0.1) is 0 Å². The van der Waals surface area contributed by atoms with E-state index in [1.165, 1.54) is 48.5 Å². The molecule has 0 saturated carbocycles. The molecule has 0 heterocycles. The maximum absolute atomic E-state index is 13.2. The van der Waals surface area contributed by atoms with Crippen LogP contribution in [0.1, 0.15) is 0 Å². The molecule has 6 nitrogen and oxygen atoms in total. The van der Waals surface area contributed by atoms with E-state index in [0.29, 0.717) is 19.7 Å². The quantitative estimate of drug-likeness (QED) is 0.120. The Labute approximate surface area is 227 Å².